The van der Waals surface area contributed by atoms with Gasteiger partial charge in [-0.05, 0) is 69.2 Å². The summed E-state index contributed by atoms with van der Waals surface area (Å²) in [5, 5.41) is 0. The standard InChI is InChI=1S/C28H46N2/c1-2-3-23-29(24-13-7-4-8-14-24)25-19-21-28(22-20-25)30(26-15-9-5-10-16-26)27-17-11-6-12-18-27/h19-22,24,26-27H,2-18,23H2,1H3. The molecule has 0 aliphatic heterocycles. The van der Waals surface area contributed by atoms with E-state index in [9.17, 15) is 0 Å². The van der Waals surface area contributed by atoms with Crippen molar-refractivity contribution >= 4 is 11.4 Å². The normalized spacial score (nSPS) is 22.2. The van der Waals surface area contributed by atoms with Crippen molar-refractivity contribution in [2.24, 2.45) is 0 Å². The summed E-state index contributed by atoms with van der Waals surface area (Å²) in [5.41, 5.74) is 2.99. The molecular formula is C28H46N2. The van der Waals surface area contributed by atoms with E-state index in [4.69, 9.17) is 0 Å². The zero-order chi connectivity index (χ0) is 20.6. The maximum absolute atomic E-state index is 2.89. The van der Waals surface area contributed by atoms with Crippen LogP contribution in [0.15, 0.2) is 24.3 Å². The number of benzene rings is 1. The van der Waals surface area contributed by atoms with Crippen molar-refractivity contribution in [2.45, 2.75) is 134 Å². The molecule has 0 N–H and O–H groups in total. The number of hydrogen-bond acceptors (Lipinski definition) is 2. The quantitative estimate of drug-likeness (QED) is 0.427. The molecule has 3 fully saturated rings. The van der Waals surface area contributed by atoms with Crippen LogP contribution in [0.5, 0.6) is 0 Å². The monoisotopic (exact) mass is 410 g/mol. The van der Waals surface area contributed by atoms with Crippen LogP contribution in [0.4, 0.5) is 11.4 Å². The Bertz CT molecular complexity index is 574. The van der Waals surface area contributed by atoms with Crippen LogP contribution >= 0.6 is 0 Å². The smallest absolute Gasteiger partial charge is 0.0372 e. The first-order valence-corrected chi connectivity index (χ1v) is 13.5. The van der Waals surface area contributed by atoms with E-state index in [-0.39, 0.29) is 0 Å². The highest BCUT2D eigenvalue weighted by atomic mass is 15.2. The van der Waals surface area contributed by atoms with Gasteiger partial charge in [-0.3, -0.25) is 0 Å². The molecule has 168 valence electrons. The third kappa shape index (κ3) is 5.54. The first-order valence-electron chi connectivity index (χ1n) is 13.5. The molecule has 0 atom stereocenters. The fourth-order valence-corrected chi connectivity index (χ4v) is 6.50. The molecule has 30 heavy (non-hydrogen) atoms. The van der Waals surface area contributed by atoms with E-state index in [1.807, 2.05) is 0 Å². The lowest BCUT2D eigenvalue weighted by molar-refractivity contribution is 0.340. The van der Waals surface area contributed by atoms with E-state index < -0.39 is 0 Å². The summed E-state index contributed by atoms with van der Waals surface area (Å²) < 4.78 is 0. The molecule has 1 aromatic rings. The molecule has 0 bridgehead atoms. The van der Waals surface area contributed by atoms with E-state index in [2.05, 4.69) is 41.0 Å². The summed E-state index contributed by atoms with van der Waals surface area (Å²) in [6, 6.07) is 12.2. The number of nitrogens with zero attached hydrogens (tertiary/aromatic N) is 2. The van der Waals surface area contributed by atoms with Crippen molar-refractivity contribution in [2.75, 3.05) is 16.3 Å². The van der Waals surface area contributed by atoms with Gasteiger partial charge in [-0.2, -0.15) is 0 Å². The molecule has 4 rings (SSSR count). The second-order valence-electron chi connectivity index (χ2n) is 10.3. The molecule has 2 heteroatoms. The van der Waals surface area contributed by atoms with Crippen LogP contribution in [-0.4, -0.2) is 24.7 Å². The van der Waals surface area contributed by atoms with Gasteiger partial charge in [0.15, 0.2) is 0 Å². The minimum Gasteiger partial charge on any atom is -0.369 e. The van der Waals surface area contributed by atoms with Crippen molar-refractivity contribution in [1.29, 1.82) is 0 Å². The molecule has 0 amide bonds. The van der Waals surface area contributed by atoms with E-state index in [0.717, 1.165) is 18.1 Å². The highest BCUT2D eigenvalue weighted by Gasteiger charge is 2.29. The van der Waals surface area contributed by atoms with Crippen LogP contribution in [0.2, 0.25) is 0 Å². The molecule has 0 spiro atoms. The van der Waals surface area contributed by atoms with E-state index in [1.165, 1.54) is 127 Å². The van der Waals surface area contributed by atoms with E-state index in [0.29, 0.717) is 0 Å². The van der Waals surface area contributed by atoms with Gasteiger partial charge in [0, 0.05) is 36.0 Å². The fraction of sp³-hybridized carbons (Fsp3) is 0.786. The van der Waals surface area contributed by atoms with Gasteiger partial charge in [0.1, 0.15) is 0 Å². The Balaban J connectivity index is 1.53. The van der Waals surface area contributed by atoms with Crippen LogP contribution < -0.4 is 9.80 Å². The summed E-state index contributed by atoms with van der Waals surface area (Å²) in [6.45, 7) is 3.56. The van der Waals surface area contributed by atoms with Crippen LogP contribution in [0.1, 0.15) is 116 Å². The Morgan fingerprint density at radius 2 is 1.03 bits per heavy atom. The predicted molar refractivity (Wildman–Crippen MR) is 132 cm³/mol. The van der Waals surface area contributed by atoms with Crippen molar-refractivity contribution < 1.29 is 0 Å². The molecule has 0 heterocycles. The molecule has 0 saturated heterocycles. The molecular weight excluding hydrogens is 364 g/mol. The highest BCUT2D eigenvalue weighted by Crippen LogP contribution is 2.36. The molecule has 2 nitrogen and oxygen atoms in total. The summed E-state index contributed by atoms with van der Waals surface area (Å²) in [7, 11) is 0. The Morgan fingerprint density at radius 3 is 1.50 bits per heavy atom. The van der Waals surface area contributed by atoms with Gasteiger partial charge in [-0.25, -0.2) is 0 Å². The third-order valence-electron chi connectivity index (χ3n) is 8.18. The summed E-state index contributed by atoms with van der Waals surface area (Å²) in [5.74, 6) is 0. The number of anilines is 2. The molecule has 3 aliphatic rings. The van der Waals surface area contributed by atoms with Gasteiger partial charge in [0.05, 0.1) is 0 Å². The molecule has 3 aliphatic carbocycles. The van der Waals surface area contributed by atoms with Crippen molar-refractivity contribution in [1.82, 2.24) is 0 Å². The van der Waals surface area contributed by atoms with Gasteiger partial charge in [0.25, 0.3) is 0 Å². The number of unbranched alkanes of at least 4 members (excludes halogenated alkanes) is 1. The Labute approximate surface area is 186 Å². The first kappa shape index (κ1) is 22.0. The predicted octanol–water partition coefficient (Wildman–Crippen LogP) is 8.10. The third-order valence-corrected chi connectivity index (χ3v) is 8.18. The topological polar surface area (TPSA) is 6.48 Å². The largest absolute Gasteiger partial charge is 0.369 e. The highest BCUT2D eigenvalue weighted by molar-refractivity contribution is 5.58. The van der Waals surface area contributed by atoms with Crippen molar-refractivity contribution in [3.05, 3.63) is 24.3 Å². The summed E-state index contributed by atoms with van der Waals surface area (Å²) in [6.07, 6.45) is 23.9. The molecule has 1 aromatic carbocycles. The molecule has 0 aromatic heterocycles. The molecule has 0 radical (unpaired) electrons. The summed E-state index contributed by atoms with van der Waals surface area (Å²) >= 11 is 0. The van der Waals surface area contributed by atoms with E-state index >= 15 is 0 Å². The molecule has 0 unspecified atom stereocenters. The molecule has 3 saturated carbocycles. The van der Waals surface area contributed by atoms with Crippen LogP contribution in [0.3, 0.4) is 0 Å². The maximum atomic E-state index is 2.89. The van der Waals surface area contributed by atoms with Gasteiger partial charge < -0.3 is 9.80 Å². The zero-order valence-electron chi connectivity index (χ0n) is 19.7. The second-order valence-corrected chi connectivity index (χ2v) is 10.3. The van der Waals surface area contributed by atoms with Crippen LogP contribution in [0, 0.1) is 0 Å². The van der Waals surface area contributed by atoms with Crippen molar-refractivity contribution in [3.8, 4) is 0 Å². The lowest BCUT2D eigenvalue weighted by Crippen LogP contribution is -2.45. The Hall–Kier alpha value is -1.18. The Morgan fingerprint density at radius 1 is 0.600 bits per heavy atom. The zero-order valence-corrected chi connectivity index (χ0v) is 19.7. The van der Waals surface area contributed by atoms with Crippen molar-refractivity contribution in [3.63, 3.8) is 0 Å². The van der Waals surface area contributed by atoms with Gasteiger partial charge >= 0.3 is 0 Å². The number of hydrogen-bond donors (Lipinski definition) is 0. The average molecular weight is 411 g/mol. The first-order chi connectivity index (χ1) is 14.9. The van der Waals surface area contributed by atoms with E-state index in [1.54, 1.807) is 0 Å². The second kappa shape index (κ2) is 11.4. The number of rotatable bonds is 8. The SMILES string of the molecule is CCCCN(c1ccc(N(C2CCCCC2)C2CCCCC2)cc1)C1CCCCC1. The minimum atomic E-state index is 0.768. The Kier molecular flexibility index (Phi) is 8.40. The average Bonchev–Trinajstić information content (AvgIpc) is 2.83. The fourth-order valence-electron chi connectivity index (χ4n) is 6.50. The minimum absolute atomic E-state index is 0.768. The van der Waals surface area contributed by atoms with Gasteiger partial charge in [-0.15, -0.1) is 0 Å². The summed E-state index contributed by atoms with van der Waals surface area (Å²) in [4.78, 5) is 5.65. The van der Waals surface area contributed by atoms with Crippen LogP contribution in [0.25, 0.3) is 0 Å². The van der Waals surface area contributed by atoms with Gasteiger partial charge in [-0.1, -0.05) is 71.1 Å². The van der Waals surface area contributed by atoms with Gasteiger partial charge in [0.2, 0.25) is 0 Å². The lowest BCUT2D eigenvalue weighted by Gasteiger charge is -2.44. The maximum Gasteiger partial charge on any atom is 0.0372 e. The van der Waals surface area contributed by atoms with Crippen LogP contribution in [-0.2, 0) is 0 Å². The lowest BCUT2D eigenvalue weighted by atomic mass is 9.88.